The van der Waals surface area contributed by atoms with Gasteiger partial charge in [0.15, 0.2) is 0 Å². The van der Waals surface area contributed by atoms with Crippen LogP contribution in [0.25, 0.3) is 0 Å². The van der Waals surface area contributed by atoms with Crippen molar-refractivity contribution < 1.29 is 19.1 Å². The third kappa shape index (κ3) is 2.76. The third-order valence-corrected chi connectivity index (χ3v) is 6.92. The van der Waals surface area contributed by atoms with Gasteiger partial charge in [-0.3, -0.25) is 0 Å². The van der Waals surface area contributed by atoms with Crippen molar-refractivity contribution in [3.05, 3.63) is 42.5 Å². The molecule has 0 radical (unpaired) electrons. The molecule has 0 unspecified atom stereocenters. The zero-order valence-corrected chi connectivity index (χ0v) is 14.0. The second-order valence-corrected chi connectivity index (χ2v) is 7.64. The van der Waals surface area contributed by atoms with E-state index in [0.717, 1.165) is 4.46 Å². The van der Waals surface area contributed by atoms with Crippen molar-refractivity contribution in [2.24, 2.45) is 5.92 Å². The molecule has 1 aromatic carbocycles. The molecule has 0 spiro atoms. The average molecular weight is 353 g/mol. The van der Waals surface area contributed by atoms with Crippen molar-refractivity contribution in [1.82, 2.24) is 0 Å². The standard InChI is InChI=1S/C16H18O4Se/c1-4-8-13-16(15(18)19-3,11(2)14(17)20-13)21-12-9-6-5-7-10-12/h4-11,13H,1-3H3/b8-4+/t11-,13-,16+/m0/s1. The molecule has 112 valence electrons. The van der Waals surface area contributed by atoms with Gasteiger partial charge < -0.3 is 0 Å². The SMILES string of the molecule is C/C=C/[C@@H]1OC(=O)[C@H](C)[C@]1([Se]c1ccccc1)C(=O)OC. The monoisotopic (exact) mass is 354 g/mol. The van der Waals surface area contributed by atoms with Crippen LogP contribution < -0.4 is 4.46 Å². The number of esters is 2. The summed E-state index contributed by atoms with van der Waals surface area (Å²) in [5.74, 6) is -1.25. The Bertz CT molecular complexity index is 555. The number of carbonyl (C=O) groups is 2. The molecule has 0 amide bonds. The average Bonchev–Trinajstić information content (AvgIpc) is 2.73. The summed E-state index contributed by atoms with van der Waals surface area (Å²) < 4.78 is 10.5. The summed E-state index contributed by atoms with van der Waals surface area (Å²) in [5, 5.41) is 0. The first-order valence-corrected chi connectivity index (χ1v) is 8.43. The number of cyclic esters (lactones) is 1. The van der Waals surface area contributed by atoms with Gasteiger partial charge in [-0.1, -0.05) is 0 Å². The number of allylic oxidation sites excluding steroid dienone is 1. The summed E-state index contributed by atoms with van der Waals surface area (Å²) in [5.41, 5.74) is 0. The number of hydrogen-bond donors (Lipinski definition) is 0. The zero-order valence-electron chi connectivity index (χ0n) is 12.2. The van der Waals surface area contributed by atoms with E-state index in [1.165, 1.54) is 7.11 Å². The molecule has 5 heteroatoms. The van der Waals surface area contributed by atoms with Gasteiger partial charge >= 0.3 is 130 Å². The number of hydrogen-bond acceptors (Lipinski definition) is 4. The molecule has 0 bridgehead atoms. The Kier molecular flexibility index (Phi) is 4.86. The predicted molar refractivity (Wildman–Crippen MR) is 80.4 cm³/mol. The van der Waals surface area contributed by atoms with E-state index in [2.05, 4.69) is 0 Å². The molecule has 1 aliphatic heterocycles. The van der Waals surface area contributed by atoms with Crippen LogP contribution in [-0.2, 0) is 19.1 Å². The normalized spacial score (nSPS) is 28.6. The summed E-state index contributed by atoms with van der Waals surface area (Å²) >= 11 is -0.281. The van der Waals surface area contributed by atoms with Gasteiger partial charge in [-0.15, -0.1) is 0 Å². The van der Waals surface area contributed by atoms with Gasteiger partial charge in [-0.05, 0) is 0 Å². The topological polar surface area (TPSA) is 52.6 Å². The molecule has 1 heterocycles. The fraction of sp³-hybridized carbons (Fsp3) is 0.375. The summed E-state index contributed by atoms with van der Waals surface area (Å²) in [6, 6.07) is 9.71. The van der Waals surface area contributed by atoms with E-state index in [0.29, 0.717) is 0 Å². The Hall–Kier alpha value is -1.58. The molecule has 0 aromatic heterocycles. The molecule has 2 rings (SSSR count). The molecular formula is C16H18O4Se. The van der Waals surface area contributed by atoms with Crippen LogP contribution in [0.3, 0.4) is 0 Å². The molecule has 4 nitrogen and oxygen atoms in total. The van der Waals surface area contributed by atoms with Crippen LogP contribution in [-0.4, -0.2) is 40.1 Å². The van der Waals surface area contributed by atoms with Crippen molar-refractivity contribution in [3.8, 4) is 0 Å². The second-order valence-electron chi connectivity index (χ2n) is 4.80. The van der Waals surface area contributed by atoms with Crippen LogP contribution in [0.2, 0.25) is 4.31 Å². The molecule has 1 aliphatic rings. The molecule has 0 saturated carbocycles. The predicted octanol–water partition coefficient (Wildman–Crippen LogP) is 1.49. The van der Waals surface area contributed by atoms with Crippen molar-refractivity contribution in [2.75, 3.05) is 7.11 Å². The Morgan fingerprint density at radius 3 is 2.62 bits per heavy atom. The van der Waals surface area contributed by atoms with Gasteiger partial charge in [0, 0.05) is 0 Å². The van der Waals surface area contributed by atoms with Crippen LogP contribution in [0.15, 0.2) is 42.5 Å². The molecular weight excluding hydrogens is 335 g/mol. The minimum atomic E-state index is -0.952. The number of ether oxygens (including phenoxy) is 2. The summed E-state index contributed by atoms with van der Waals surface area (Å²) in [7, 11) is 1.35. The quantitative estimate of drug-likeness (QED) is 0.468. The molecule has 0 aliphatic carbocycles. The van der Waals surface area contributed by atoms with E-state index in [9.17, 15) is 9.59 Å². The molecule has 0 N–H and O–H groups in total. The number of benzene rings is 1. The molecule has 1 aromatic rings. The first kappa shape index (κ1) is 15.8. The van der Waals surface area contributed by atoms with E-state index in [1.54, 1.807) is 19.1 Å². The minimum absolute atomic E-state index is 0.281. The fourth-order valence-corrected chi connectivity index (χ4v) is 5.28. The maximum atomic E-state index is 12.5. The van der Waals surface area contributed by atoms with Crippen molar-refractivity contribution in [2.45, 2.75) is 24.3 Å². The van der Waals surface area contributed by atoms with Gasteiger partial charge in [0.05, 0.1) is 0 Å². The first-order valence-electron chi connectivity index (χ1n) is 6.72. The number of rotatable bonds is 4. The van der Waals surface area contributed by atoms with E-state index >= 15 is 0 Å². The van der Waals surface area contributed by atoms with Gasteiger partial charge in [-0.2, -0.15) is 0 Å². The number of carbonyl (C=O) groups excluding carboxylic acids is 2. The zero-order chi connectivity index (χ0) is 15.5. The summed E-state index contributed by atoms with van der Waals surface area (Å²) in [6.45, 7) is 3.59. The molecule has 21 heavy (non-hydrogen) atoms. The van der Waals surface area contributed by atoms with Gasteiger partial charge in [0.25, 0.3) is 0 Å². The Morgan fingerprint density at radius 2 is 2.05 bits per heavy atom. The van der Waals surface area contributed by atoms with Crippen LogP contribution in [0.4, 0.5) is 0 Å². The van der Waals surface area contributed by atoms with Crippen LogP contribution in [0, 0.1) is 5.92 Å². The van der Waals surface area contributed by atoms with Crippen molar-refractivity contribution in [3.63, 3.8) is 0 Å². The number of methoxy groups -OCH3 is 1. The van der Waals surface area contributed by atoms with Gasteiger partial charge in [-0.25, -0.2) is 0 Å². The second kappa shape index (κ2) is 6.46. The Morgan fingerprint density at radius 1 is 1.38 bits per heavy atom. The van der Waals surface area contributed by atoms with Crippen LogP contribution in [0.1, 0.15) is 13.8 Å². The van der Waals surface area contributed by atoms with Crippen LogP contribution in [0.5, 0.6) is 0 Å². The van der Waals surface area contributed by atoms with Crippen molar-refractivity contribution >= 4 is 31.4 Å². The fourth-order valence-electron chi connectivity index (χ4n) is 2.42. The van der Waals surface area contributed by atoms with E-state index in [1.807, 2.05) is 37.3 Å². The Labute approximate surface area is 130 Å². The van der Waals surface area contributed by atoms with Crippen LogP contribution >= 0.6 is 0 Å². The summed E-state index contributed by atoms with van der Waals surface area (Å²) in [4.78, 5) is 24.5. The van der Waals surface area contributed by atoms with E-state index in [-0.39, 0.29) is 26.9 Å². The van der Waals surface area contributed by atoms with E-state index < -0.39 is 16.3 Å². The third-order valence-electron chi connectivity index (χ3n) is 3.56. The maximum absolute atomic E-state index is 12.5. The first-order chi connectivity index (χ1) is 10.1. The molecule has 1 fully saturated rings. The Balaban J connectivity index is 2.49. The van der Waals surface area contributed by atoms with Gasteiger partial charge in [0.1, 0.15) is 0 Å². The van der Waals surface area contributed by atoms with Gasteiger partial charge in [0.2, 0.25) is 0 Å². The van der Waals surface area contributed by atoms with E-state index in [4.69, 9.17) is 9.47 Å². The molecule has 3 atom stereocenters. The van der Waals surface area contributed by atoms with Crippen molar-refractivity contribution in [1.29, 1.82) is 0 Å². The molecule has 1 saturated heterocycles. The summed E-state index contributed by atoms with van der Waals surface area (Å²) in [6.07, 6.45) is 3.00.